The second kappa shape index (κ2) is 37.5. The van der Waals surface area contributed by atoms with Crippen LogP contribution in [0.3, 0.4) is 0 Å². The molecule has 8 aliphatic heterocycles. The van der Waals surface area contributed by atoms with E-state index in [4.69, 9.17) is 71.1 Å². The normalized spacial score (nSPS) is 47.2. The summed E-state index contributed by atoms with van der Waals surface area (Å²) in [6.07, 6.45) is -72.7. The van der Waals surface area contributed by atoms with Crippen LogP contribution in [0.25, 0.3) is 0 Å². The Morgan fingerprint density at radius 1 is 0.250 bits per heavy atom. The molecule has 1 unspecified atom stereocenters. The van der Waals surface area contributed by atoms with Gasteiger partial charge < -0.3 is 205 Å². The summed E-state index contributed by atoms with van der Waals surface area (Å²) in [7, 11) is 0. The lowest BCUT2D eigenvalue weighted by Gasteiger charge is -2.52. The van der Waals surface area contributed by atoms with E-state index in [1.807, 2.05) is 0 Å². The molecule has 8 aliphatic rings. The Labute approximate surface area is 589 Å². The fourth-order valence-electron chi connectivity index (χ4n) is 13.4. The van der Waals surface area contributed by atoms with Crippen molar-refractivity contribution in [3.8, 4) is 0 Å². The first-order valence-electron chi connectivity index (χ1n) is 33.1. The zero-order valence-corrected chi connectivity index (χ0v) is 56.3. The fourth-order valence-corrected chi connectivity index (χ4v) is 13.4. The van der Waals surface area contributed by atoms with Gasteiger partial charge in [-0.15, -0.1) is 0 Å². The van der Waals surface area contributed by atoms with Gasteiger partial charge in [0.05, 0.1) is 52.9 Å². The SMILES string of the molecule is CC(=O)N[C@H]1[C@H](O[C@H]2[C@H](O)[C@@H](NC(C)=O)C(O)O[C@@H]2CO)O[C@H](CO)[C@@H](O[C@@H]2O[C@H](CO[C@H]3O[C@H](CO)[C@@H](O)[C@H](O)[C@@H]3O[C@@H]3O[C@H](CO)[C@@H](O)[C@H](O)[C@H]3NC(C)=O)[C@@H](O[C@@H]3O[C@H](CO)[C@@H](O)[C@H](O)[C@H]3NC(C)=O)[C@H](O[C@H]3O[C@H](CO)[C@@H](O[C@@H]4O[C@H](CO)[C@@H](O)[C@H](O)[C@H]4NC(C)=O)[C@H](O)[C@@H]3O)[C@@H]2O)[C@@H]1O. The smallest absolute Gasteiger partial charge is 0.217 e. The van der Waals surface area contributed by atoms with Crippen LogP contribution < -0.4 is 26.6 Å². The average Bonchev–Trinajstić information content (AvgIpc) is 0.765. The third-order valence-electron chi connectivity index (χ3n) is 18.6. The van der Waals surface area contributed by atoms with Gasteiger partial charge in [-0.05, 0) is 0 Å². The molecule has 0 aromatic heterocycles. The highest BCUT2D eigenvalue weighted by molar-refractivity contribution is 5.75. The fraction of sp³-hybridized carbons (Fsp3) is 0.914. The molecule has 26 N–H and O–H groups in total. The molecule has 8 saturated heterocycles. The number of rotatable bonds is 27. The number of carbonyl (C=O) groups excluding carboxylic acids is 5. The van der Waals surface area contributed by atoms with Crippen molar-refractivity contribution in [2.75, 3.05) is 52.9 Å². The summed E-state index contributed by atoms with van der Waals surface area (Å²) in [5.41, 5.74) is 0. The zero-order valence-electron chi connectivity index (χ0n) is 56.3. The van der Waals surface area contributed by atoms with Crippen LogP contribution in [-0.2, 0) is 95.0 Å². The average molecular weight is 1520 g/mol. The lowest BCUT2D eigenvalue weighted by atomic mass is 9.93. The molecule has 104 heavy (non-hydrogen) atoms. The Morgan fingerprint density at radius 2 is 0.510 bits per heavy atom. The third-order valence-corrected chi connectivity index (χ3v) is 18.6. The molecule has 0 aromatic carbocycles. The van der Waals surface area contributed by atoms with Crippen LogP contribution >= 0.6 is 0 Å². The lowest BCUT2D eigenvalue weighted by Crippen LogP contribution is -2.71. The van der Waals surface area contributed by atoms with Gasteiger partial charge in [0.25, 0.3) is 0 Å². The molecule has 0 aliphatic carbocycles. The highest BCUT2D eigenvalue weighted by Crippen LogP contribution is 2.40. The first-order valence-corrected chi connectivity index (χ1v) is 33.1. The first kappa shape index (κ1) is 85.5. The van der Waals surface area contributed by atoms with Crippen molar-refractivity contribution >= 4 is 29.5 Å². The predicted molar refractivity (Wildman–Crippen MR) is 322 cm³/mol. The topological polar surface area (TPSA) is 709 Å². The molecule has 40 atom stereocenters. The Balaban J connectivity index is 1.23. The largest absolute Gasteiger partial charge is 0.394 e. The van der Waals surface area contributed by atoms with Gasteiger partial charge in [-0.25, -0.2) is 0 Å². The minimum absolute atomic E-state index is 0.783. The molecule has 0 bridgehead atoms. The number of aliphatic hydroxyl groups excluding tert-OH is 21. The molecule has 0 saturated carbocycles. The van der Waals surface area contributed by atoms with Gasteiger partial charge in [0.2, 0.25) is 29.5 Å². The number of ether oxygens (including phenoxy) is 15. The van der Waals surface area contributed by atoms with Gasteiger partial charge in [-0.3, -0.25) is 24.0 Å². The minimum atomic E-state index is -2.61. The Bertz CT molecular complexity index is 2770. The third kappa shape index (κ3) is 19.2. The predicted octanol–water partition coefficient (Wildman–Crippen LogP) is -17.7. The van der Waals surface area contributed by atoms with Gasteiger partial charge in [0.1, 0.15) is 195 Å². The van der Waals surface area contributed by atoms with Crippen molar-refractivity contribution in [2.24, 2.45) is 0 Å². The van der Waals surface area contributed by atoms with Gasteiger partial charge in [-0.1, -0.05) is 0 Å². The van der Waals surface area contributed by atoms with E-state index in [0.717, 1.165) is 34.6 Å². The molecule has 0 aromatic rings. The summed E-state index contributed by atoms with van der Waals surface area (Å²) >= 11 is 0. The van der Waals surface area contributed by atoms with Gasteiger partial charge in [0.15, 0.2) is 50.3 Å². The number of amides is 5. The van der Waals surface area contributed by atoms with Crippen LogP contribution in [0.15, 0.2) is 0 Å². The molecule has 8 rings (SSSR count). The molecule has 46 nitrogen and oxygen atoms in total. The van der Waals surface area contributed by atoms with Crippen LogP contribution in [-0.4, -0.2) is 435 Å². The van der Waals surface area contributed by atoms with E-state index in [9.17, 15) is 131 Å². The molecule has 46 heteroatoms. The van der Waals surface area contributed by atoms with Crippen LogP contribution in [0.2, 0.25) is 0 Å². The van der Waals surface area contributed by atoms with E-state index in [-0.39, 0.29) is 0 Å². The van der Waals surface area contributed by atoms with E-state index in [0.29, 0.717) is 0 Å². The van der Waals surface area contributed by atoms with E-state index >= 15 is 0 Å². The standard InChI is InChI=1S/C58H97N5O41/c1-14(71)59-27-39(83)45(23(10-68)91-51(27)89)99-55-31(63-18(5)75)40(84)46(24(11-69)96-55)101-57-44(88)49(103-56-43(87)42(86)47(25(12-70)97-56)100-52-28(60-15(2)72)36(80)32(76)19(6-64)92-52)48(102-53-29(61-16(3)73)37(81)33(77)20(7-65)93-53)26(98-57)13-90-58-50(41(85)35(79)22(9-67)95-58)104-54-30(62-17(4)74)38(82)34(78)21(8-66)94-54/h19-58,64-70,76-89H,6-13H2,1-5H3,(H,59,71)(H,60,72)(H,61,73)(H,62,74)(H,63,75)/t19-,20-,21-,22-,23-,24-,25-,26-,27-,28-,29-,30-,31-,32-,33-,34-,35-,36-,37-,38-,39-,40-,41+,42-,43+,44+,45-,46-,47-,48-,49-,50+,51?,52+,53+,54+,55+,56-,57+,58+/m1/s1. The van der Waals surface area contributed by atoms with Crippen molar-refractivity contribution in [1.82, 2.24) is 26.6 Å². The monoisotopic (exact) mass is 1520 g/mol. The maximum Gasteiger partial charge on any atom is 0.217 e. The summed E-state index contributed by atoms with van der Waals surface area (Å²) in [5, 5.41) is 246. The second-order valence-electron chi connectivity index (χ2n) is 26.1. The van der Waals surface area contributed by atoms with Gasteiger partial charge in [-0.2, -0.15) is 0 Å². The number of hydrogen-bond donors (Lipinski definition) is 26. The molecule has 0 spiro atoms. The highest BCUT2D eigenvalue weighted by Gasteiger charge is 2.61. The molecule has 5 amide bonds. The minimum Gasteiger partial charge on any atom is -0.394 e. The molecular formula is C58H97N5O41. The van der Waals surface area contributed by atoms with Crippen LogP contribution in [0.5, 0.6) is 0 Å². The Hall–Kier alpha value is -4.09. The molecule has 8 fully saturated rings. The van der Waals surface area contributed by atoms with Gasteiger partial charge in [0, 0.05) is 34.6 Å². The lowest BCUT2D eigenvalue weighted by molar-refractivity contribution is -0.403. The van der Waals surface area contributed by atoms with Crippen LogP contribution in [0.1, 0.15) is 34.6 Å². The summed E-state index contributed by atoms with van der Waals surface area (Å²) in [5.74, 6) is -4.34. The maximum absolute atomic E-state index is 13.0. The van der Waals surface area contributed by atoms with E-state index in [1.54, 1.807) is 0 Å². The van der Waals surface area contributed by atoms with Crippen molar-refractivity contribution in [3.05, 3.63) is 0 Å². The number of aliphatic hydroxyl groups is 21. The highest BCUT2D eigenvalue weighted by atomic mass is 16.8. The van der Waals surface area contributed by atoms with Gasteiger partial charge >= 0.3 is 0 Å². The molecule has 0 radical (unpaired) electrons. The zero-order chi connectivity index (χ0) is 76.8. The Kier molecular flexibility index (Phi) is 30.9. The number of carbonyl (C=O) groups is 5. The summed E-state index contributed by atoms with van der Waals surface area (Å²) in [6.45, 7) is -3.87. The summed E-state index contributed by atoms with van der Waals surface area (Å²) in [6, 6.07) is -8.95. The van der Waals surface area contributed by atoms with Crippen molar-refractivity contribution in [1.29, 1.82) is 0 Å². The number of hydrogen-bond acceptors (Lipinski definition) is 41. The number of nitrogens with one attached hydrogen (secondary N) is 5. The van der Waals surface area contributed by atoms with E-state index in [1.165, 1.54) is 0 Å². The van der Waals surface area contributed by atoms with Crippen molar-refractivity contribution in [3.63, 3.8) is 0 Å². The van der Waals surface area contributed by atoms with Crippen LogP contribution in [0, 0.1) is 0 Å². The van der Waals surface area contributed by atoms with E-state index < -0.39 is 328 Å². The first-order chi connectivity index (χ1) is 49.2. The van der Waals surface area contributed by atoms with Crippen LogP contribution in [0.4, 0.5) is 0 Å². The molecular weight excluding hydrogens is 1420 g/mol. The summed E-state index contributed by atoms with van der Waals surface area (Å²) < 4.78 is 90.5. The van der Waals surface area contributed by atoms with E-state index in [2.05, 4.69) is 26.6 Å². The van der Waals surface area contributed by atoms with Crippen molar-refractivity contribution < 1.29 is 202 Å². The van der Waals surface area contributed by atoms with Crippen molar-refractivity contribution in [2.45, 2.75) is 280 Å². The Morgan fingerprint density at radius 3 is 0.904 bits per heavy atom. The maximum atomic E-state index is 13.0. The summed E-state index contributed by atoms with van der Waals surface area (Å²) in [4.78, 5) is 62.9. The second-order valence-corrected chi connectivity index (χ2v) is 26.1. The molecule has 600 valence electrons. The quantitative estimate of drug-likeness (QED) is 0.0363. The molecule has 8 heterocycles.